The first-order valence-corrected chi connectivity index (χ1v) is 12.8. The van der Waals surface area contributed by atoms with Crippen molar-refractivity contribution in [3.8, 4) is 10.6 Å². The van der Waals surface area contributed by atoms with Crippen molar-refractivity contribution < 1.29 is 14.7 Å². The Labute approximate surface area is 214 Å². The van der Waals surface area contributed by atoms with Gasteiger partial charge in [-0.3, -0.25) is 9.59 Å². The number of hydrogen-bond donors (Lipinski definition) is 1. The van der Waals surface area contributed by atoms with Crippen LogP contribution in [0.2, 0.25) is 5.02 Å². The van der Waals surface area contributed by atoms with Crippen molar-refractivity contribution in [2.45, 2.75) is 26.8 Å². The summed E-state index contributed by atoms with van der Waals surface area (Å²) >= 11 is 7.54. The molecule has 0 bridgehead atoms. The molecule has 3 aromatic rings. The number of aromatic nitrogens is 1. The lowest BCUT2D eigenvalue weighted by Crippen LogP contribution is -2.38. The molecule has 2 aromatic carbocycles. The van der Waals surface area contributed by atoms with Crippen LogP contribution < -0.4 is 0 Å². The number of benzene rings is 2. The number of Topliss-reactive ketones (excluding diaryl/α,β-unsaturated/α-hetero) is 1. The maximum atomic E-state index is 13.9. The molecular formula is C27H28ClN3O3S. The maximum Gasteiger partial charge on any atom is 0.290 e. The third kappa shape index (κ3) is 5.03. The summed E-state index contributed by atoms with van der Waals surface area (Å²) in [7, 11) is 0. The van der Waals surface area contributed by atoms with E-state index in [1.54, 1.807) is 30.0 Å². The zero-order valence-electron chi connectivity index (χ0n) is 20.0. The number of halogens is 1. The molecule has 0 aliphatic carbocycles. The smallest absolute Gasteiger partial charge is 0.290 e. The van der Waals surface area contributed by atoms with E-state index in [-0.39, 0.29) is 11.4 Å². The normalized spacial score (nSPS) is 16.0. The van der Waals surface area contributed by atoms with Gasteiger partial charge in [0.1, 0.15) is 5.01 Å². The van der Waals surface area contributed by atoms with Crippen LogP contribution in [0.4, 0.5) is 0 Å². The largest absolute Gasteiger partial charge is 0.503 e. The lowest BCUT2D eigenvalue weighted by Gasteiger charge is -2.29. The molecule has 1 amide bonds. The molecule has 0 radical (unpaired) electrons. The van der Waals surface area contributed by atoms with Crippen molar-refractivity contribution in [1.29, 1.82) is 0 Å². The molecule has 1 aliphatic rings. The summed E-state index contributed by atoms with van der Waals surface area (Å²) in [5.41, 5.74) is 2.23. The first-order valence-electron chi connectivity index (χ1n) is 11.6. The molecule has 1 N–H and O–H groups in total. The van der Waals surface area contributed by atoms with E-state index >= 15 is 0 Å². The van der Waals surface area contributed by atoms with Gasteiger partial charge in [-0.25, -0.2) is 4.98 Å². The Bertz CT molecular complexity index is 1270. The first kappa shape index (κ1) is 25.1. The van der Waals surface area contributed by atoms with Crippen LogP contribution in [0.25, 0.3) is 10.6 Å². The Morgan fingerprint density at radius 2 is 1.86 bits per heavy atom. The number of hydrogen-bond acceptors (Lipinski definition) is 6. The molecular weight excluding hydrogens is 482 g/mol. The van der Waals surface area contributed by atoms with Gasteiger partial charge in [0.15, 0.2) is 5.76 Å². The molecule has 1 aromatic heterocycles. The molecule has 2 heterocycles. The van der Waals surface area contributed by atoms with Crippen molar-refractivity contribution in [1.82, 2.24) is 14.8 Å². The standard InChI is InChI=1S/C27H28ClN3O3S/c1-4-30(5-2)14-15-31-22(19-12-9-13-20(28)16-19)21(24(33)27(31)34)23(32)25-17(3)29-26(35-25)18-10-7-6-8-11-18/h6-13,16,22,33H,4-5,14-15H2,1-3H3. The van der Waals surface area contributed by atoms with Crippen LogP contribution in [-0.4, -0.2) is 57.8 Å². The Morgan fingerprint density at radius 1 is 1.14 bits per heavy atom. The van der Waals surface area contributed by atoms with Crippen molar-refractivity contribution in [2.24, 2.45) is 0 Å². The number of aliphatic hydroxyl groups is 1. The fourth-order valence-corrected chi connectivity index (χ4v) is 5.59. The predicted octanol–water partition coefficient (Wildman–Crippen LogP) is 5.69. The Kier molecular flexibility index (Phi) is 7.69. The highest BCUT2D eigenvalue weighted by molar-refractivity contribution is 7.17. The monoisotopic (exact) mass is 509 g/mol. The van der Waals surface area contributed by atoms with E-state index in [2.05, 4.69) is 23.7 Å². The minimum atomic E-state index is -0.731. The Hall–Kier alpha value is -3.00. The zero-order chi connectivity index (χ0) is 25.1. The molecule has 0 spiro atoms. The second kappa shape index (κ2) is 10.7. The molecule has 182 valence electrons. The summed E-state index contributed by atoms with van der Waals surface area (Å²) in [6.07, 6.45) is 0. The zero-order valence-corrected chi connectivity index (χ0v) is 21.6. The van der Waals surface area contributed by atoms with Gasteiger partial charge in [-0.15, -0.1) is 11.3 Å². The molecule has 1 unspecified atom stereocenters. The summed E-state index contributed by atoms with van der Waals surface area (Å²) in [5.74, 6) is -1.44. The number of rotatable bonds is 9. The minimum Gasteiger partial charge on any atom is -0.503 e. The second-order valence-corrected chi connectivity index (χ2v) is 9.81. The summed E-state index contributed by atoms with van der Waals surface area (Å²) in [6.45, 7) is 8.58. The van der Waals surface area contributed by atoms with Gasteiger partial charge in [0.25, 0.3) is 5.91 Å². The second-order valence-electron chi connectivity index (χ2n) is 8.37. The van der Waals surface area contributed by atoms with Crippen LogP contribution in [0.15, 0.2) is 65.9 Å². The molecule has 1 atom stereocenters. The topological polar surface area (TPSA) is 73.7 Å². The third-order valence-electron chi connectivity index (χ3n) is 6.29. The van der Waals surface area contributed by atoms with Gasteiger partial charge in [0, 0.05) is 23.7 Å². The van der Waals surface area contributed by atoms with Crippen molar-refractivity contribution >= 4 is 34.6 Å². The van der Waals surface area contributed by atoms with E-state index in [1.165, 1.54) is 11.3 Å². The SMILES string of the molecule is CCN(CC)CCN1C(=O)C(O)=C(C(=O)c2sc(-c3ccccc3)nc2C)C1c1cccc(Cl)c1. The van der Waals surface area contributed by atoms with E-state index in [9.17, 15) is 14.7 Å². The average Bonchev–Trinajstić information content (AvgIpc) is 3.37. The van der Waals surface area contributed by atoms with Gasteiger partial charge in [-0.05, 0) is 37.7 Å². The van der Waals surface area contributed by atoms with E-state index in [0.29, 0.717) is 39.3 Å². The van der Waals surface area contributed by atoms with Gasteiger partial charge < -0.3 is 14.9 Å². The minimum absolute atomic E-state index is 0.0724. The highest BCUT2D eigenvalue weighted by atomic mass is 35.5. The molecule has 6 nitrogen and oxygen atoms in total. The van der Waals surface area contributed by atoms with Crippen molar-refractivity contribution in [3.05, 3.63) is 87.1 Å². The highest BCUT2D eigenvalue weighted by Gasteiger charge is 2.44. The number of aliphatic hydroxyl groups excluding tert-OH is 1. The highest BCUT2D eigenvalue weighted by Crippen LogP contribution is 2.41. The summed E-state index contributed by atoms with van der Waals surface area (Å²) in [4.78, 5) is 35.9. The fraction of sp³-hybridized carbons (Fsp3) is 0.296. The summed E-state index contributed by atoms with van der Waals surface area (Å²) in [6, 6.07) is 16.0. The van der Waals surface area contributed by atoms with Gasteiger partial charge in [0.2, 0.25) is 5.78 Å². The average molecular weight is 510 g/mol. The van der Waals surface area contributed by atoms with Crippen molar-refractivity contribution in [2.75, 3.05) is 26.2 Å². The summed E-state index contributed by atoms with van der Waals surface area (Å²) < 4.78 is 0. The molecule has 1 aliphatic heterocycles. The van der Waals surface area contributed by atoms with Crippen LogP contribution in [0.3, 0.4) is 0 Å². The fourth-order valence-electron chi connectivity index (χ4n) is 4.36. The molecule has 0 saturated heterocycles. The number of aryl methyl sites for hydroxylation is 1. The van der Waals surface area contributed by atoms with Crippen LogP contribution in [0, 0.1) is 6.92 Å². The number of carbonyl (C=O) groups excluding carboxylic acids is 2. The molecule has 8 heteroatoms. The summed E-state index contributed by atoms with van der Waals surface area (Å²) in [5, 5.41) is 12.2. The van der Waals surface area contributed by atoms with E-state index in [0.717, 1.165) is 18.7 Å². The number of likely N-dealkylation sites (N-methyl/N-ethyl adjacent to an activating group) is 1. The van der Waals surface area contributed by atoms with E-state index < -0.39 is 17.7 Å². The van der Waals surface area contributed by atoms with Crippen LogP contribution >= 0.6 is 22.9 Å². The number of thiazole rings is 1. The molecule has 0 saturated carbocycles. The lowest BCUT2D eigenvalue weighted by molar-refractivity contribution is -0.129. The molecule has 0 fully saturated rings. The lowest BCUT2D eigenvalue weighted by atomic mass is 9.95. The van der Waals surface area contributed by atoms with E-state index in [1.807, 2.05) is 36.4 Å². The molecule has 35 heavy (non-hydrogen) atoms. The maximum absolute atomic E-state index is 13.9. The molecule has 4 rings (SSSR count). The van der Waals surface area contributed by atoms with Crippen LogP contribution in [-0.2, 0) is 4.79 Å². The third-order valence-corrected chi connectivity index (χ3v) is 7.73. The predicted molar refractivity (Wildman–Crippen MR) is 140 cm³/mol. The van der Waals surface area contributed by atoms with Crippen molar-refractivity contribution in [3.63, 3.8) is 0 Å². The number of nitrogens with zero attached hydrogens (tertiary/aromatic N) is 3. The Morgan fingerprint density at radius 3 is 2.51 bits per heavy atom. The van der Waals surface area contributed by atoms with Gasteiger partial charge in [-0.2, -0.15) is 0 Å². The van der Waals surface area contributed by atoms with Gasteiger partial charge in [0.05, 0.1) is 22.2 Å². The Balaban J connectivity index is 1.75. The first-order chi connectivity index (χ1) is 16.8. The van der Waals surface area contributed by atoms with Crippen LogP contribution in [0.5, 0.6) is 0 Å². The quantitative estimate of drug-likeness (QED) is 0.375. The van der Waals surface area contributed by atoms with Gasteiger partial charge in [-0.1, -0.05) is 67.9 Å². The van der Waals surface area contributed by atoms with Crippen LogP contribution in [0.1, 0.15) is 40.8 Å². The number of carbonyl (C=O) groups is 2. The van der Waals surface area contributed by atoms with Gasteiger partial charge >= 0.3 is 0 Å². The number of ketones is 1. The van der Waals surface area contributed by atoms with E-state index in [4.69, 9.17) is 11.6 Å². The number of amides is 1.